The fourth-order valence-electron chi connectivity index (χ4n) is 4.54. The van der Waals surface area contributed by atoms with E-state index in [-0.39, 0.29) is 17.9 Å². The summed E-state index contributed by atoms with van der Waals surface area (Å²) >= 11 is 0. The molecule has 1 saturated carbocycles. The van der Waals surface area contributed by atoms with Crippen LogP contribution in [0.15, 0.2) is 18.2 Å². The van der Waals surface area contributed by atoms with E-state index in [9.17, 15) is 15.0 Å². The molecule has 2 atom stereocenters. The topological polar surface area (TPSA) is 57.5 Å². The molecule has 1 aromatic rings. The molecule has 0 heterocycles. The van der Waals surface area contributed by atoms with Crippen molar-refractivity contribution in [2.75, 3.05) is 6.61 Å². The molecule has 1 aromatic carbocycles. The number of hydrogen-bond donors (Lipinski definition) is 2. The summed E-state index contributed by atoms with van der Waals surface area (Å²) in [5.41, 5.74) is 2.13. The summed E-state index contributed by atoms with van der Waals surface area (Å²) < 4.78 is 0. The third-order valence-corrected chi connectivity index (χ3v) is 6.41. The number of aliphatic hydroxyl groups is 1. The van der Waals surface area contributed by atoms with Gasteiger partial charge < -0.3 is 10.2 Å². The van der Waals surface area contributed by atoms with E-state index in [1.807, 2.05) is 12.1 Å². The van der Waals surface area contributed by atoms with Gasteiger partial charge in [-0.25, -0.2) is 0 Å². The smallest absolute Gasteiger partial charge is 0.133 e. The number of benzene rings is 1. The van der Waals surface area contributed by atoms with Crippen LogP contribution in [0.4, 0.5) is 0 Å². The number of carbonyl (C=O) groups is 1. The Balaban J connectivity index is 2.15. The highest BCUT2D eigenvalue weighted by molar-refractivity contribution is 5.80. The molecular formula is C24H38O3. The molecular weight excluding hydrogens is 336 g/mol. The van der Waals surface area contributed by atoms with Crippen LogP contribution in [0.25, 0.3) is 0 Å². The molecule has 0 aromatic heterocycles. The Labute approximate surface area is 165 Å². The molecule has 0 radical (unpaired) electrons. The molecule has 1 aliphatic rings. The third kappa shape index (κ3) is 6.07. The van der Waals surface area contributed by atoms with E-state index in [1.165, 1.54) is 31.2 Å². The van der Waals surface area contributed by atoms with Crippen molar-refractivity contribution in [1.29, 1.82) is 0 Å². The Hall–Kier alpha value is -1.35. The van der Waals surface area contributed by atoms with E-state index in [1.54, 1.807) is 0 Å². The molecule has 27 heavy (non-hydrogen) atoms. The number of phenolic OH excluding ortho intramolecular Hbond substituents is 1. The van der Waals surface area contributed by atoms with Crippen molar-refractivity contribution in [3.8, 4) is 5.75 Å². The highest BCUT2D eigenvalue weighted by atomic mass is 16.3. The first-order chi connectivity index (χ1) is 12.9. The summed E-state index contributed by atoms with van der Waals surface area (Å²) in [7, 11) is 0. The number of ketones is 1. The predicted octanol–water partition coefficient (Wildman–Crippen LogP) is 5.87. The summed E-state index contributed by atoms with van der Waals surface area (Å²) in [4.78, 5) is 12.0. The molecule has 0 spiro atoms. The van der Waals surface area contributed by atoms with Crippen molar-refractivity contribution >= 4 is 5.78 Å². The summed E-state index contributed by atoms with van der Waals surface area (Å²) in [5, 5.41) is 20.0. The number of aliphatic hydroxyl groups excluding tert-OH is 1. The summed E-state index contributed by atoms with van der Waals surface area (Å²) in [5.74, 6) is 1.08. The zero-order valence-corrected chi connectivity index (χ0v) is 17.5. The van der Waals surface area contributed by atoms with Gasteiger partial charge in [0, 0.05) is 19.4 Å². The fourth-order valence-corrected chi connectivity index (χ4v) is 4.54. The lowest BCUT2D eigenvalue weighted by molar-refractivity contribution is -0.121. The van der Waals surface area contributed by atoms with Crippen LogP contribution in [0.1, 0.15) is 102 Å². The number of Topliss-reactive ketones (excluding diaryl/α,β-unsaturated/α-hetero) is 1. The van der Waals surface area contributed by atoms with Crippen molar-refractivity contribution in [3.05, 3.63) is 29.3 Å². The molecule has 3 nitrogen and oxygen atoms in total. The minimum atomic E-state index is 0.0441. The van der Waals surface area contributed by atoms with Crippen LogP contribution >= 0.6 is 0 Å². The van der Waals surface area contributed by atoms with Gasteiger partial charge in [0.05, 0.1) is 0 Å². The molecule has 0 bridgehead atoms. The normalized spacial score (nSPS) is 20.8. The monoisotopic (exact) mass is 374 g/mol. The molecule has 0 aliphatic heterocycles. The molecule has 2 rings (SSSR count). The van der Waals surface area contributed by atoms with Gasteiger partial charge in [0.2, 0.25) is 0 Å². The molecule has 152 valence electrons. The second-order valence-corrected chi connectivity index (χ2v) is 8.98. The number of unbranched alkanes of at least 4 members (excludes halogenated alkanes) is 3. The number of aromatic hydroxyl groups is 1. The van der Waals surface area contributed by atoms with Gasteiger partial charge in [0.15, 0.2) is 0 Å². The molecule has 1 aliphatic carbocycles. The zero-order valence-electron chi connectivity index (χ0n) is 17.5. The minimum absolute atomic E-state index is 0.0441. The van der Waals surface area contributed by atoms with Gasteiger partial charge in [-0.15, -0.1) is 0 Å². The largest absolute Gasteiger partial charge is 0.508 e. The SMILES string of the molecule is CCCCCCC(C)(C)c1ccc([C@H]2CC(=O)CC[C@@H]2CCCO)c(O)c1. The number of carbonyl (C=O) groups excluding carboxylic acids is 1. The Morgan fingerprint density at radius 2 is 1.93 bits per heavy atom. The van der Waals surface area contributed by atoms with Crippen LogP contribution in [-0.4, -0.2) is 22.6 Å². The van der Waals surface area contributed by atoms with Gasteiger partial charge in [-0.3, -0.25) is 4.79 Å². The summed E-state index contributed by atoms with van der Waals surface area (Å²) in [6, 6.07) is 6.13. The predicted molar refractivity (Wildman–Crippen MR) is 111 cm³/mol. The highest BCUT2D eigenvalue weighted by Gasteiger charge is 2.32. The van der Waals surface area contributed by atoms with Gasteiger partial charge in [-0.2, -0.15) is 0 Å². The number of phenols is 1. The Morgan fingerprint density at radius 1 is 1.15 bits per heavy atom. The lowest BCUT2D eigenvalue weighted by atomic mass is 9.72. The first-order valence-electron chi connectivity index (χ1n) is 10.8. The summed E-state index contributed by atoms with van der Waals surface area (Å²) in [6.07, 6.45) is 9.82. The second kappa shape index (κ2) is 10.3. The lowest BCUT2D eigenvalue weighted by Crippen LogP contribution is -2.24. The van der Waals surface area contributed by atoms with E-state index in [2.05, 4.69) is 26.8 Å². The molecule has 0 saturated heterocycles. The van der Waals surface area contributed by atoms with Crippen LogP contribution in [0.2, 0.25) is 0 Å². The highest BCUT2D eigenvalue weighted by Crippen LogP contribution is 2.43. The molecule has 0 amide bonds. The zero-order chi connectivity index (χ0) is 19.9. The van der Waals surface area contributed by atoms with Gasteiger partial charge in [0.1, 0.15) is 11.5 Å². The molecule has 2 N–H and O–H groups in total. The quantitative estimate of drug-likeness (QED) is 0.504. The molecule has 1 fully saturated rings. The van der Waals surface area contributed by atoms with Gasteiger partial charge >= 0.3 is 0 Å². The van der Waals surface area contributed by atoms with Gasteiger partial charge in [-0.05, 0) is 60.1 Å². The molecule has 3 heteroatoms. The van der Waals surface area contributed by atoms with Crippen LogP contribution in [0.3, 0.4) is 0 Å². The second-order valence-electron chi connectivity index (χ2n) is 8.98. The van der Waals surface area contributed by atoms with E-state index in [4.69, 9.17) is 0 Å². The van der Waals surface area contributed by atoms with Crippen molar-refractivity contribution in [2.24, 2.45) is 5.92 Å². The van der Waals surface area contributed by atoms with E-state index < -0.39 is 0 Å². The van der Waals surface area contributed by atoms with Crippen LogP contribution in [-0.2, 0) is 10.2 Å². The van der Waals surface area contributed by atoms with Crippen molar-refractivity contribution in [3.63, 3.8) is 0 Å². The average molecular weight is 375 g/mol. The van der Waals surface area contributed by atoms with E-state index in [0.717, 1.165) is 31.2 Å². The maximum absolute atomic E-state index is 12.0. The van der Waals surface area contributed by atoms with Gasteiger partial charge in [0.25, 0.3) is 0 Å². The average Bonchev–Trinajstić information content (AvgIpc) is 2.64. The molecule has 0 unspecified atom stereocenters. The number of rotatable bonds is 10. The van der Waals surface area contributed by atoms with Crippen molar-refractivity contribution in [1.82, 2.24) is 0 Å². The van der Waals surface area contributed by atoms with E-state index in [0.29, 0.717) is 30.3 Å². The Morgan fingerprint density at radius 3 is 2.59 bits per heavy atom. The maximum Gasteiger partial charge on any atom is 0.133 e. The van der Waals surface area contributed by atoms with Gasteiger partial charge in [-0.1, -0.05) is 58.6 Å². The fraction of sp³-hybridized carbons (Fsp3) is 0.708. The summed E-state index contributed by atoms with van der Waals surface area (Å²) in [6.45, 7) is 6.92. The first-order valence-corrected chi connectivity index (χ1v) is 10.8. The Bertz CT molecular complexity index is 606. The van der Waals surface area contributed by atoms with Crippen LogP contribution < -0.4 is 0 Å². The third-order valence-electron chi connectivity index (χ3n) is 6.41. The van der Waals surface area contributed by atoms with Crippen molar-refractivity contribution < 1.29 is 15.0 Å². The van der Waals surface area contributed by atoms with E-state index >= 15 is 0 Å². The minimum Gasteiger partial charge on any atom is -0.508 e. The number of hydrogen-bond acceptors (Lipinski definition) is 3. The lowest BCUT2D eigenvalue weighted by Gasteiger charge is -2.32. The maximum atomic E-state index is 12.0. The first kappa shape index (κ1) is 21.9. The van der Waals surface area contributed by atoms with Crippen LogP contribution in [0.5, 0.6) is 5.75 Å². The van der Waals surface area contributed by atoms with Crippen LogP contribution in [0, 0.1) is 5.92 Å². The Kier molecular flexibility index (Phi) is 8.34. The van der Waals surface area contributed by atoms with Crippen molar-refractivity contribution in [2.45, 2.75) is 96.3 Å². The standard InChI is InChI=1S/C24H38O3/c1-4-5-6-7-14-24(2,3)19-11-13-21(23(27)16-19)22-17-20(26)12-10-18(22)9-8-15-25/h11,13,16,18,22,25,27H,4-10,12,14-15,17H2,1-3H3/t18-,22-/m0/s1.